The molecule has 1 aliphatic heterocycles. The highest BCUT2D eigenvalue weighted by atomic mass is 16.2. The third-order valence-electron chi connectivity index (χ3n) is 6.95. The van der Waals surface area contributed by atoms with Crippen molar-refractivity contribution >= 4 is 22.7 Å². The van der Waals surface area contributed by atoms with E-state index < -0.39 is 11.5 Å². The Hall–Kier alpha value is -3.08. The lowest BCUT2D eigenvalue weighted by Crippen LogP contribution is -2.52. The Labute approximate surface area is 216 Å². The van der Waals surface area contributed by atoms with Crippen LogP contribution < -0.4 is 5.32 Å². The van der Waals surface area contributed by atoms with Gasteiger partial charge in [-0.2, -0.15) is 0 Å². The van der Waals surface area contributed by atoms with Gasteiger partial charge >= 0.3 is 0 Å². The number of piperidine rings is 1. The molecule has 1 aliphatic rings. The summed E-state index contributed by atoms with van der Waals surface area (Å²) in [4.78, 5) is 31.6. The van der Waals surface area contributed by atoms with Crippen molar-refractivity contribution in [2.45, 2.75) is 78.7 Å². The van der Waals surface area contributed by atoms with E-state index in [1.807, 2.05) is 63.8 Å². The fourth-order valence-corrected chi connectivity index (χ4v) is 4.85. The number of nitrogens with zero attached hydrogens (tertiary/aromatic N) is 1. The van der Waals surface area contributed by atoms with Crippen molar-refractivity contribution in [3.8, 4) is 0 Å². The molecule has 0 saturated carbocycles. The van der Waals surface area contributed by atoms with Crippen molar-refractivity contribution in [3.63, 3.8) is 0 Å². The molecule has 2 aromatic carbocycles. The van der Waals surface area contributed by atoms with E-state index in [0.717, 1.165) is 38.8 Å². The van der Waals surface area contributed by atoms with Gasteiger partial charge in [-0.15, -0.1) is 0 Å². The third-order valence-corrected chi connectivity index (χ3v) is 6.95. The lowest BCUT2D eigenvalue weighted by molar-refractivity contribution is -0.139. The molecule has 4 rings (SSSR count). The number of carbonyl (C=O) groups is 2. The lowest BCUT2D eigenvalue weighted by Gasteiger charge is -2.35. The standard InChI is InChI=1S/C29H37N3O2.C2H6/c1-29(2,3)28(34)31-26(15-9-12-21-10-5-4-6-11-21)27(33)32-18-16-22(17-19-32)24-20-30-25-14-8-7-13-23(24)25;1-2/h4-8,10-11,13-14,20,22,26,30H,9,12,15-19H2,1-3H3,(H,31,34);1-2H3/t26-;/m1./s1. The number of amides is 2. The average Bonchev–Trinajstić information content (AvgIpc) is 3.33. The van der Waals surface area contributed by atoms with Crippen LogP contribution in [-0.2, 0) is 16.0 Å². The molecule has 2 N–H and O–H groups in total. The molecule has 1 atom stereocenters. The zero-order valence-corrected chi connectivity index (χ0v) is 22.6. The van der Waals surface area contributed by atoms with Gasteiger partial charge in [0.05, 0.1) is 0 Å². The first-order valence-electron chi connectivity index (χ1n) is 13.5. The summed E-state index contributed by atoms with van der Waals surface area (Å²) in [5.41, 5.74) is 3.25. The summed E-state index contributed by atoms with van der Waals surface area (Å²) in [7, 11) is 0. The number of benzene rings is 2. The van der Waals surface area contributed by atoms with E-state index in [1.54, 1.807) is 0 Å². The molecule has 0 bridgehead atoms. The molecule has 2 heterocycles. The van der Waals surface area contributed by atoms with E-state index in [-0.39, 0.29) is 11.8 Å². The number of aromatic amines is 1. The summed E-state index contributed by atoms with van der Waals surface area (Å²) in [6, 6.07) is 18.2. The number of rotatable bonds is 7. The van der Waals surface area contributed by atoms with Crippen molar-refractivity contribution in [2.75, 3.05) is 13.1 Å². The second-order valence-electron chi connectivity index (χ2n) is 10.5. The van der Waals surface area contributed by atoms with Gasteiger partial charge in [-0.05, 0) is 55.2 Å². The minimum absolute atomic E-state index is 0.0584. The van der Waals surface area contributed by atoms with Gasteiger partial charge in [0.25, 0.3) is 0 Å². The van der Waals surface area contributed by atoms with Gasteiger partial charge < -0.3 is 15.2 Å². The highest BCUT2D eigenvalue weighted by molar-refractivity contribution is 5.89. The van der Waals surface area contributed by atoms with Crippen LogP contribution in [0.25, 0.3) is 10.9 Å². The average molecular weight is 490 g/mol. The summed E-state index contributed by atoms with van der Waals surface area (Å²) >= 11 is 0. The summed E-state index contributed by atoms with van der Waals surface area (Å²) in [6.07, 6.45) is 6.42. The lowest BCUT2D eigenvalue weighted by atomic mass is 9.88. The molecule has 2 amide bonds. The number of nitrogens with one attached hydrogen (secondary N) is 2. The minimum Gasteiger partial charge on any atom is -0.361 e. The molecule has 0 radical (unpaired) electrons. The molecule has 0 spiro atoms. The van der Waals surface area contributed by atoms with Crippen LogP contribution in [0.3, 0.4) is 0 Å². The number of hydrogen-bond donors (Lipinski definition) is 2. The predicted octanol–water partition coefficient (Wildman–Crippen LogP) is 6.45. The Morgan fingerprint density at radius 1 is 1.00 bits per heavy atom. The molecular weight excluding hydrogens is 446 g/mol. The SMILES string of the molecule is CC.CC(C)(C)C(=O)N[C@H](CCCc1ccccc1)C(=O)N1CCC(c2c[nH]c3ccccc23)CC1. The molecule has 1 saturated heterocycles. The maximum Gasteiger partial charge on any atom is 0.245 e. The summed E-state index contributed by atoms with van der Waals surface area (Å²) in [6.45, 7) is 11.1. The van der Waals surface area contributed by atoms with E-state index in [0.29, 0.717) is 12.3 Å². The fraction of sp³-hybridized carbons (Fsp3) is 0.484. The van der Waals surface area contributed by atoms with Crippen molar-refractivity contribution in [3.05, 3.63) is 71.9 Å². The van der Waals surface area contributed by atoms with Gasteiger partial charge in [-0.3, -0.25) is 9.59 Å². The monoisotopic (exact) mass is 489 g/mol. The second-order valence-corrected chi connectivity index (χ2v) is 10.5. The van der Waals surface area contributed by atoms with Crippen LogP contribution in [0.5, 0.6) is 0 Å². The largest absolute Gasteiger partial charge is 0.361 e. The molecule has 5 nitrogen and oxygen atoms in total. The summed E-state index contributed by atoms with van der Waals surface area (Å²) in [5.74, 6) is 0.433. The molecule has 1 aromatic heterocycles. The molecule has 3 aromatic rings. The number of H-pyrrole nitrogens is 1. The van der Waals surface area contributed by atoms with Crippen LogP contribution in [0.1, 0.15) is 77.3 Å². The third kappa shape index (κ3) is 6.99. The maximum absolute atomic E-state index is 13.5. The van der Waals surface area contributed by atoms with E-state index in [4.69, 9.17) is 0 Å². The van der Waals surface area contributed by atoms with Gasteiger partial charge in [-0.1, -0.05) is 83.1 Å². The Morgan fingerprint density at radius 3 is 2.31 bits per heavy atom. The molecule has 194 valence electrons. The normalized spacial score (nSPS) is 15.2. The summed E-state index contributed by atoms with van der Waals surface area (Å²) < 4.78 is 0. The van der Waals surface area contributed by atoms with Crippen molar-refractivity contribution in [2.24, 2.45) is 5.41 Å². The first-order valence-corrected chi connectivity index (χ1v) is 13.5. The molecule has 36 heavy (non-hydrogen) atoms. The number of para-hydroxylation sites is 1. The van der Waals surface area contributed by atoms with E-state index >= 15 is 0 Å². The van der Waals surface area contributed by atoms with Gasteiger partial charge in [-0.25, -0.2) is 0 Å². The van der Waals surface area contributed by atoms with Crippen molar-refractivity contribution in [1.82, 2.24) is 15.2 Å². The zero-order chi connectivity index (χ0) is 26.1. The highest BCUT2D eigenvalue weighted by Gasteiger charge is 2.32. The van der Waals surface area contributed by atoms with Crippen LogP contribution in [0.4, 0.5) is 0 Å². The van der Waals surface area contributed by atoms with Crippen molar-refractivity contribution < 1.29 is 9.59 Å². The summed E-state index contributed by atoms with van der Waals surface area (Å²) in [5, 5.41) is 4.35. The zero-order valence-electron chi connectivity index (χ0n) is 22.6. The molecule has 5 heteroatoms. The minimum atomic E-state index is -0.527. The van der Waals surface area contributed by atoms with Crippen molar-refractivity contribution in [1.29, 1.82) is 0 Å². The van der Waals surface area contributed by atoms with Gasteiger partial charge in [0.15, 0.2) is 0 Å². The highest BCUT2D eigenvalue weighted by Crippen LogP contribution is 2.33. The Morgan fingerprint density at radius 2 is 1.64 bits per heavy atom. The van der Waals surface area contributed by atoms with Crippen LogP contribution in [0.15, 0.2) is 60.8 Å². The van der Waals surface area contributed by atoms with Crippen LogP contribution in [-0.4, -0.2) is 40.8 Å². The Balaban J connectivity index is 0.00000176. The first-order chi connectivity index (χ1) is 17.3. The predicted molar refractivity (Wildman–Crippen MR) is 149 cm³/mol. The fourth-order valence-electron chi connectivity index (χ4n) is 4.85. The number of likely N-dealkylation sites (tertiary alicyclic amines) is 1. The first kappa shape index (κ1) is 27.5. The van der Waals surface area contributed by atoms with Gasteiger partial charge in [0.1, 0.15) is 6.04 Å². The second kappa shape index (κ2) is 12.8. The maximum atomic E-state index is 13.5. The quantitative estimate of drug-likeness (QED) is 0.400. The molecule has 0 aliphatic carbocycles. The number of carbonyl (C=O) groups excluding carboxylic acids is 2. The number of aryl methyl sites for hydroxylation is 1. The number of aromatic nitrogens is 1. The molecular formula is C31H43N3O2. The Kier molecular flexibility index (Phi) is 9.74. The van der Waals surface area contributed by atoms with E-state index in [2.05, 4.69) is 46.8 Å². The number of hydrogen-bond acceptors (Lipinski definition) is 2. The Bertz CT molecular complexity index is 1110. The van der Waals surface area contributed by atoms with Gasteiger partial charge in [0.2, 0.25) is 11.8 Å². The van der Waals surface area contributed by atoms with Crippen LogP contribution in [0.2, 0.25) is 0 Å². The van der Waals surface area contributed by atoms with Crippen LogP contribution >= 0.6 is 0 Å². The molecule has 0 unspecified atom stereocenters. The number of fused-ring (bicyclic) bond motifs is 1. The molecule has 1 fully saturated rings. The smallest absolute Gasteiger partial charge is 0.245 e. The van der Waals surface area contributed by atoms with E-state index in [1.165, 1.54) is 22.0 Å². The van der Waals surface area contributed by atoms with E-state index in [9.17, 15) is 9.59 Å². The van der Waals surface area contributed by atoms with Crippen LogP contribution in [0, 0.1) is 5.41 Å². The van der Waals surface area contributed by atoms with Gasteiger partial charge in [0, 0.05) is 35.6 Å². The topological polar surface area (TPSA) is 65.2 Å².